The molecule has 1 radical (unpaired) electrons. The van der Waals surface area contributed by atoms with Crippen LogP contribution in [-0.4, -0.2) is 27.6 Å². The number of pyridine rings is 2. The molecule has 36 heavy (non-hydrogen) atoms. The number of rotatable bonds is 1. The predicted octanol–water partition coefficient (Wildman–Crippen LogP) is 6.67. The number of aromatic nitrogens is 2. The molecule has 2 aromatic heterocycles. The second-order valence-electron chi connectivity index (χ2n) is 8.75. The van der Waals surface area contributed by atoms with Crippen molar-refractivity contribution < 1.29 is 37.7 Å². The minimum Gasteiger partial charge on any atom is -0.304 e. The van der Waals surface area contributed by atoms with E-state index in [1.165, 1.54) is 12.3 Å². The number of halogens is 4. The molecule has 0 bridgehead atoms. The topological polar surface area (TPSA) is 50.5 Å². The molecule has 9 heteroatoms. The van der Waals surface area contributed by atoms with Gasteiger partial charge in [0.25, 0.3) is 0 Å². The Balaban J connectivity index is 0.000000172. The Hall–Kier alpha value is -3.29. The first kappa shape index (κ1) is 25.8. The molecule has 0 saturated heterocycles. The Morgan fingerprint density at radius 3 is 2.42 bits per heavy atom. The van der Waals surface area contributed by atoms with Crippen molar-refractivity contribution in [1.29, 1.82) is 0 Å². The van der Waals surface area contributed by atoms with Gasteiger partial charge >= 0.3 is 6.18 Å². The van der Waals surface area contributed by atoms with Crippen molar-refractivity contribution in [1.82, 2.24) is 9.97 Å². The van der Waals surface area contributed by atoms with Gasteiger partial charge in [-0.1, -0.05) is 43.7 Å². The largest absolute Gasteiger partial charge is 0.431 e. The molecule has 2 aromatic carbocycles. The van der Waals surface area contributed by atoms with Crippen LogP contribution in [0, 0.1) is 11.9 Å². The zero-order chi connectivity index (χ0) is 24.8. The first-order valence-corrected chi connectivity index (χ1v) is 10.9. The quantitative estimate of drug-likeness (QED) is 0.168. The van der Waals surface area contributed by atoms with Crippen LogP contribution in [-0.2, 0) is 25.5 Å². The Kier molecular flexibility index (Phi) is 6.90. The van der Waals surface area contributed by atoms with Gasteiger partial charge in [-0.15, -0.1) is 28.9 Å². The molecule has 2 aliphatic rings. The Labute approximate surface area is 218 Å². The van der Waals surface area contributed by atoms with Crippen LogP contribution in [0.2, 0.25) is 0 Å². The van der Waals surface area contributed by atoms with E-state index in [0.717, 1.165) is 27.6 Å². The summed E-state index contributed by atoms with van der Waals surface area (Å²) in [6.45, 7) is 4.13. The van der Waals surface area contributed by atoms with E-state index in [2.05, 4.69) is 52.2 Å². The van der Waals surface area contributed by atoms with Gasteiger partial charge in [0.05, 0.1) is 11.4 Å². The minimum atomic E-state index is -4.40. The Morgan fingerprint density at radius 1 is 0.917 bits per heavy atom. The summed E-state index contributed by atoms with van der Waals surface area (Å²) < 4.78 is 51.1. The summed E-state index contributed by atoms with van der Waals surface area (Å²) in [6, 6.07) is 19.5. The predicted molar refractivity (Wildman–Crippen MR) is 127 cm³/mol. The van der Waals surface area contributed by atoms with E-state index in [1.54, 1.807) is 30.5 Å². The van der Waals surface area contributed by atoms with Gasteiger partial charge in [0, 0.05) is 44.7 Å². The molecule has 0 saturated carbocycles. The van der Waals surface area contributed by atoms with Gasteiger partial charge in [0.1, 0.15) is 5.71 Å². The van der Waals surface area contributed by atoms with Crippen molar-refractivity contribution in [2.75, 3.05) is 0 Å². The van der Waals surface area contributed by atoms with Gasteiger partial charge in [-0.05, 0) is 45.6 Å². The van der Waals surface area contributed by atoms with Crippen molar-refractivity contribution in [3.05, 3.63) is 95.7 Å². The summed E-state index contributed by atoms with van der Waals surface area (Å²) in [6.07, 6.45) is -1.42. The van der Waals surface area contributed by atoms with Gasteiger partial charge in [-0.2, -0.15) is 18.3 Å². The second kappa shape index (κ2) is 9.64. The van der Waals surface area contributed by atoms with Gasteiger partial charge in [-0.25, -0.2) is 4.39 Å². The summed E-state index contributed by atoms with van der Waals surface area (Å²) in [4.78, 5) is 8.39. The van der Waals surface area contributed by atoms with E-state index < -0.39 is 11.9 Å². The first-order chi connectivity index (χ1) is 16.7. The van der Waals surface area contributed by atoms with Gasteiger partial charge in [0.2, 0.25) is 0 Å². The molecule has 0 amide bonds. The van der Waals surface area contributed by atoms with E-state index in [4.69, 9.17) is 0 Å². The molecular weight excluding hydrogens is 649 g/mol. The van der Waals surface area contributed by atoms with E-state index in [9.17, 15) is 17.6 Å². The van der Waals surface area contributed by atoms with Crippen molar-refractivity contribution in [2.24, 2.45) is 10.2 Å². The van der Waals surface area contributed by atoms with Crippen LogP contribution < -0.4 is 0 Å². The maximum Gasteiger partial charge on any atom is 0.431 e. The second-order valence-corrected chi connectivity index (χ2v) is 8.75. The molecule has 0 N–H and O–H groups in total. The number of hydrogen-bond acceptors (Lipinski definition) is 4. The summed E-state index contributed by atoms with van der Waals surface area (Å²) >= 11 is 0. The molecule has 0 unspecified atom stereocenters. The number of alkyl halides is 3. The third-order valence-electron chi connectivity index (χ3n) is 6.19. The van der Waals surface area contributed by atoms with E-state index in [0.29, 0.717) is 11.3 Å². The molecule has 3 heterocycles. The van der Waals surface area contributed by atoms with Crippen LogP contribution >= 0.6 is 0 Å². The molecule has 1 aliphatic heterocycles. The van der Waals surface area contributed by atoms with Crippen molar-refractivity contribution in [3.63, 3.8) is 0 Å². The molecule has 1 aliphatic carbocycles. The Morgan fingerprint density at radius 2 is 1.72 bits per heavy atom. The van der Waals surface area contributed by atoms with Crippen LogP contribution in [0.5, 0.6) is 0 Å². The zero-order valence-corrected chi connectivity index (χ0v) is 21.6. The van der Waals surface area contributed by atoms with Crippen LogP contribution in [0.3, 0.4) is 0 Å². The normalized spacial score (nSPS) is 15.2. The summed E-state index contributed by atoms with van der Waals surface area (Å²) in [5, 5.41) is 8.84. The van der Waals surface area contributed by atoms with Crippen LogP contribution in [0.25, 0.3) is 22.0 Å². The first-order valence-electron chi connectivity index (χ1n) is 10.9. The smallest absolute Gasteiger partial charge is 0.304 e. The summed E-state index contributed by atoms with van der Waals surface area (Å²) in [5.41, 5.74) is 2.88. The van der Waals surface area contributed by atoms with Crippen LogP contribution in [0.15, 0.2) is 77.2 Å². The Bertz CT molecular complexity index is 1490. The maximum atomic E-state index is 14.4. The molecule has 0 spiro atoms. The van der Waals surface area contributed by atoms with Gasteiger partial charge in [-0.3, -0.25) is 4.98 Å². The number of benzene rings is 2. The molecule has 4 nitrogen and oxygen atoms in total. The molecule has 185 valence electrons. The van der Waals surface area contributed by atoms with Crippen LogP contribution in [0.4, 0.5) is 17.6 Å². The van der Waals surface area contributed by atoms with Gasteiger partial charge in [0.15, 0.2) is 0 Å². The van der Waals surface area contributed by atoms with E-state index in [1.807, 2.05) is 12.1 Å². The number of fused-ring (bicyclic) bond motifs is 2. The minimum absolute atomic E-state index is 0. The number of hydrogen-bond donors (Lipinski definition) is 0. The fourth-order valence-electron chi connectivity index (χ4n) is 4.53. The standard InChI is InChI=1S/C18H13FN.C9H6F3N3.Ir/c1-18(2)13-7-3-5-11-9-10-20-17(15(11)13)12-6-4-8-14(19)16(12)18;10-9(11,12)8-5-7(14-15-8)6-3-1-2-4-13-6;/h3-5,7-10H,1-2H3;1-4H,5H2;/q-1;;. The average molecular weight is 668 g/mol. The fraction of sp³-hybridized carbons (Fsp3) is 0.185. The van der Waals surface area contributed by atoms with Crippen molar-refractivity contribution in [3.8, 4) is 11.3 Å². The van der Waals surface area contributed by atoms with E-state index in [-0.39, 0.29) is 43.5 Å². The fourth-order valence-corrected chi connectivity index (χ4v) is 4.53. The van der Waals surface area contributed by atoms with Crippen molar-refractivity contribution in [2.45, 2.75) is 31.9 Å². The SMILES string of the molecule is CC1(C)c2c([c-]ccc2F)-c2nccc3cccc1c23.FC(F)(F)C1=NN=C(c2ccccn2)C1.[Ir]. The molecule has 0 atom stereocenters. The third-order valence-corrected chi connectivity index (χ3v) is 6.19. The average Bonchev–Trinajstić information content (AvgIpc) is 3.35. The summed E-state index contributed by atoms with van der Waals surface area (Å²) in [7, 11) is 0. The summed E-state index contributed by atoms with van der Waals surface area (Å²) in [5.74, 6) is -0.183. The van der Waals surface area contributed by atoms with Gasteiger partial charge < -0.3 is 4.98 Å². The van der Waals surface area contributed by atoms with E-state index >= 15 is 0 Å². The van der Waals surface area contributed by atoms with Crippen LogP contribution in [0.1, 0.15) is 37.1 Å². The third kappa shape index (κ3) is 4.49. The van der Waals surface area contributed by atoms with Crippen molar-refractivity contribution >= 4 is 22.2 Å². The number of nitrogens with zero attached hydrogens (tertiary/aromatic N) is 4. The molecule has 0 fully saturated rings. The monoisotopic (exact) mass is 668 g/mol. The maximum absolute atomic E-state index is 14.4. The molecule has 4 aromatic rings. The molecular formula is C27H19F4IrN4-. The molecule has 6 rings (SSSR count). The zero-order valence-electron chi connectivity index (χ0n) is 19.2.